The van der Waals surface area contributed by atoms with Gasteiger partial charge in [0, 0.05) is 36.4 Å². The first-order chi connectivity index (χ1) is 13.7. The molecule has 0 amide bonds. The number of rotatable bonds is 2. The van der Waals surface area contributed by atoms with Crippen molar-refractivity contribution < 1.29 is 68.5 Å². The third-order valence-corrected chi connectivity index (χ3v) is 4.65. The minimum atomic E-state index is -6.07. The number of pyridine rings is 3. The molecule has 0 aliphatic rings. The van der Waals surface area contributed by atoms with Crippen LogP contribution in [-0.4, -0.2) is 7.05 Å². The molecule has 0 aliphatic carbocycles. The fourth-order valence-electron chi connectivity index (χ4n) is 1.13. The van der Waals surface area contributed by atoms with Gasteiger partial charge in [-0.05, 0) is 0 Å². The summed E-state index contributed by atoms with van der Waals surface area (Å²) in [7, 11) is 1.25. The van der Waals surface area contributed by atoms with E-state index in [2.05, 4.69) is 17.8 Å². The maximum absolute atomic E-state index is 9.38. The molecule has 29 heavy (non-hydrogen) atoms. The zero-order valence-corrected chi connectivity index (χ0v) is 17.9. The summed E-state index contributed by atoms with van der Waals surface area (Å²) < 4.78 is 58.9. The minimum absolute atomic E-state index is 1.25. The molecular formula is C16H22Cr2N4O7. The van der Waals surface area contributed by atoms with E-state index in [0.717, 1.165) is 0 Å². The molecule has 0 fully saturated rings. The van der Waals surface area contributed by atoms with Crippen molar-refractivity contribution in [2.24, 2.45) is 0 Å². The summed E-state index contributed by atoms with van der Waals surface area (Å²) in [6, 6.07) is 17.6. The fourth-order valence-corrected chi connectivity index (χ4v) is 2.76. The first-order valence-electron chi connectivity index (χ1n) is 7.57. The first kappa shape index (κ1) is 28.8. The van der Waals surface area contributed by atoms with Gasteiger partial charge in [0.2, 0.25) is 0 Å². The van der Waals surface area contributed by atoms with E-state index in [4.69, 9.17) is 5.73 Å². The zero-order valence-electron chi connectivity index (χ0n) is 15.3. The van der Waals surface area contributed by atoms with Gasteiger partial charge in [-0.3, -0.25) is 0 Å². The quantitative estimate of drug-likeness (QED) is 0.455. The largest absolute Gasteiger partial charge is 0.218 e. The van der Waals surface area contributed by atoms with E-state index in [1.807, 2.05) is 91.8 Å². The van der Waals surface area contributed by atoms with Crippen molar-refractivity contribution in [2.75, 3.05) is 7.05 Å². The van der Waals surface area contributed by atoms with E-state index in [0.29, 0.717) is 0 Å². The summed E-state index contributed by atoms with van der Waals surface area (Å²) in [5.74, 6) is 0. The third kappa shape index (κ3) is 30.5. The van der Waals surface area contributed by atoms with E-state index in [1.54, 1.807) is 0 Å². The Morgan fingerprint density at radius 1 is 0.552 bits per heavy atom. The molecule has 0 atom stereocenters. The molecule has 0 bridgehead atoms. The van der Waals surface area contributed by atoms with Gasteiger partial charge < -0.3 is 5.73 Å². The van der Waals surface area contributed by atoms with Crippen LogP contribution in [-0.2, 0) is 45.3 Å². The fraction of sp³-hybridized carbons (Fsp3) is 0.0625. The number of aromatic amines is 3. The molecule has 3 aromatic heterocycles. The monoisotopic (exact) mass is 486 g/mol. The summed E-state index contributed by atoms with van der Waals surface area (Å²) in [6.45, 7) is 0. The molecule has 0 saturated carbocycles. The number of aromatic nitrogens is 3. The van der Waals surface area contributed by atoms with E-state index < -0.39 is 27.2 Å². The average Bonchev–Trinajstić information content (AvgIpc) is 2.72. The van der Waals surface area contributed by atoms with E-state index in [1.165, 1.54) is 7.05 Å². The van der Waals surface area contributed by atoms with Crippen LogP contribution in [0.4, 0.5) is 0 Å². The zero-order chi connectivity index (χ0) is 22.4. The Morgan fingerprint density at radius 3 is 0.793 bits per heavy atom. The van der Waals surface area contributed by atoms with Crippen LogP contribution in [0.25, 0.3) is 5.73 Å². The van der Waals surface area contributed by atoms with Crippen LogP contribution >= 0.6 is 0 Å². The molecule has 0 aromatic carbocycles. The van der Waals surface area contributed by atoms with Crippen LogP contribution < -0.4 is 23.3 Å². The number of nitrogens with one attached hydrogen (secondary N) is 4. The van der Waals surface area contributed by atoms with Crippen molar-refractivity contribution >= 4 is 0 Å². The van der Waals surface area contributed by atoms with Gasteiger partial charge in [0.15, 0.2) is 37.2 Å². The molecule has 11 nitrogen and oxygen atoms in total. The Bertz CT molecular complexity index is 715. The first-order valence-corrected chi connectivity index (χ1v) is 11.7. The van der Waals surface area contributed by atoms with Crippen molar-refractivity contribution in [2.45, 2.75) is 0 Å². The molecule has 3 aromatic rings. The van der Waals surface area contributed by atoms with Crippen LogP contribution in [0, 0.1) is 0 Å². The SMILES string of the molecule is C[NH-].[O]=[Cr](=[O])([O-])[O][Cr](=[O])(=[O])[O-].c1cc[nH+]cc1.c1cc[nH+]cc1.c1cc[nH+]cc1. The second kappa shape index (κ2) is 18.9. The second-order valence-electron chi connectivity index (χ2n) is 4.12. The Labute approximate surface area is 173 Å². The molecule has 4 N–H and O–H groups in total. The molecule has 13 heteroatoms. The molecule has 0 unspecified atom stereocenters. The molecule has 3 rings (SSSR count). The van der Waals surface area contributed by atoms with Gasteiger partial charge in [-0.15, -0.1) is 0 Å². The number of hydrogen-bond acceptors (Lipinski definition) is 7. The van der Waals surface area contributed by atoms with Crippen molar-refractivity contribution in [3.05, 3.63) is 97.5 Å². The van der Waals surface area contributed by atoms with E-state index in [9.17, 15) is 23.5 Å². The van der Waals surface area contributed by atoms with Gasteiger partial charge in [0.25, 0.3) is 0 Å². The van der Waals surface area contributed by atoms with Crippen LogP contribution in [0.3, 0.4) is 0 Å². The predicted molar refractivity (Wildman–Crippen MR) is 83.1 cm³/mol. The summed E-state index contributed by atoms with van der Waals surface area (Å²) >= 11 is -12.1. The molecule has 0 saturated heterocycles. The Kier molecular flexibility index (Phi) is 18.7. The van der Waals surface area contributed by atoms with Crippen LogP contribution in [0.2, 0.25) is 0 Å². The van der Waals surface area contributed by atoms with Gasteiger partial charge in [-0.2, -0.15) is 7.05 Å². The Balaban J connectivity index is 0. The normalized spacial score (nSPS) is 9.38. The van der Waals surface area contributed by atoms with E-state index in [-0.39, 0.29) is 0 Å². The number of hydrogen-bond donors (Lipinski definition) is 0. The van der Waals surface area contributed by atoms with Gasteiger partial charge >= 0.3 is 53.6 Å². The Morgan fingerprint density at radius 2 is 0.759 bits per heavy atom. The standard InChI is InChI=1S/3C5H5N.CH4N.2Cr.7O/c3*1-2-4-6-5-3-1;1-2;;;;;;;;;/h3*1-5H;2H,1H3;;;;;;;;;/q;;;-1;;;;;;;;2*-1/p+3. The predicted octanol–water partition coefficient (Wildman–Crippen LogP) is -0.756. The maximum Gasteiger partial charge on any atom is 0.166 e. The van der Waals surface area contributed by atoms with Crippen molar-refractivity contribution in [1.82, 2.24) is 0 Å². The summed E-state index contributed by atoms with van der Waals surface area (Å²) in [4.78, 5) is 8.68. The van der Waals surface area contributed by atoms with Gasteiger partial charge in [0.1, 0.15) is 0 Å². The van der Waals surface area contributed by atoms with Gasteiger partial charge in [-0.1, -0.05) is 18.2 Å². The van der Waals surface area contributed by atoms with Gasteiger partial charge in [-0.25, -0.2) is 15.0 Å². The van der Waals surface area contributed by atoms with Crippen LogP contribution in [0.15, 0.2) is 91.8 Å². The second-order valence-corrected chi connectivity index (χ2v) is 7.76. The molecule has 160 valence electrons. The summed E-state index contributed by atoms with van der Waals surface area (Å²) in [6.07, 6.45) is 11.2. The Hall–Kier alpha value is -2.45. The average molecular weight is 486 g/mol. The number of H-pyrrole nitrogens is 3. The van der Waals surface area contributed by atoms with Crippen molar-refractivity contribution in [1.29, 1.82) is 0 Å². The van der Waals surface area contributed by atoms with Crippen molar-refractivity contribution in [3.63, 3.8) is 0 Å². The maximum atomic E-state index is 9.38. The minimum Gasteiger partial charge on any atom is -0.218 e. The molecule has 0 aliphatic heterocycles. The molecular weight excluding hydrogens is 464 g/mol. The van der Waals surface area contributed by atoms with E-state index >= 15 is 0 Å². The summed E-state index contributed by atoms with van der Waals surface area (Å²) in [5.41, 5.74) is 5.75. The summed E-state index contributed by atoms with van der Waals surface area (Å²) in [5, 5.41) is 0. The van der Waals surface area contributed by atoms with Crippen LogP contribution in [0.5, 0.6) is 0 Å². The molecule has 0 spiro atoms. The van der Waals surface area contributed by atoms with Crippen molar-refractivity contribution in [3.8, 4) is 0 Å². The smallest absolute Gasteiger partial charge is 0.166 e. The third-order valence-electron chi connectivity index (χ3n) is 1.99. The topological polar surface area (TPSA) is 190 Å². The van der Waals surface area contributed by atoms with Gasteiger partial charge in [0.05, 0.1) is 0 Å². The van der Waals surface area contributed by atoms with Crippen LogP contribution in [0.1, 0.15) is 0 Å². The molecule has 0 radical (unpaired) electrons. The molecule has 3 heterocycles.